The zero-order valence-corrected chi connectivity index (χ0v) is 17.9. The monoisotopic (exact) mass is 428 g/mol. The number of hydrogen-bond donors (Lipinski definition) is 0. The van der Waals surface area contributed by atoms with Crippen molar-refractivity contribution in [3.05, 3.63) is 0 Å². The van der Waals surface area contributed by atoms with Crippen LogP contribution in [0.3, 0.4) is 0 Å². The number of ketones is 2. The van der Waals surface area contributed by atoms with Crippen LogP contribution in [0.5, 0.6) is 0 Å². The average Bonchev–Trinajstić information content (AvgIpc) is 2.96. The Kier molecular flexibility index (Phi) is 5.13. The fraction of sp³-hybridized carbons (Fsp3) is 0.870. The van der Waals surface area contributed by atoms with Gasteiger partial charge < -0.3 is 4.74 Å². The average molecular weight is 428 g/mol. The number of halogens is 3. The standard InChI is InChI=1S/C23H31F3O4/c1-12(27)30-19-7-6-16-14-5-4-13-10-18(28)15(20(29)23(24,25)26)11-22(13,3)17(14)8-9-21(16,19)2/h13-17,19H,4-11H2,1-3H3/t13-,14+,15+,16+,17+,19-,21+,22+/m1/s1. The van der Waals surface area contributed by atoms with Crippen LogP contribution in [-0.2, 0) is 19.1 Å². The summed E-state index contributed by atoms with van der Waals surface area (Å²) in [6, 6.07) is 0. The van der Waals surface area contributed by atoms with Crippen LogP contribution in [-0.4, -0.2) is 29.8 Å². The number of carbonyl (C=O) groups excluding carboxylic acids is 3. The maximum absolute atomic E-state index is 13.1. The topological polar surface area (TPSA) is 60.4 Å². The highest BCUT2D eigenvalue weighted by atomic mass is 19.4. The lowest BCUT2D eigenvalue weighted by molar-refractivity contribution is -0.185. The predicted molar refractivity (Wildman–Crippen MR) is 102 cm³/mol. The van der Waals surface area contributed by atoms with Gasteiger partial charge in [-0.15, -0.1) is 0 Å². The molecule has 0 radical (unpaired) electrons. The molecule has 168 valence electrons. The molecule has 4 saturated carbocycles. The Bertz CT molecular complexity index is 762. The van der Waals surface area contributed by atoms with Crippen LogP contribution in [0, 0.1) is 40.4 Å². The summed E-state index contributed by atoms with van der Waals surface area (Å²) in [6.45, 7) is 5.66. The van der Waals surface area contributed by atoms with Crippen molar-refractivity contribution in [2.45, 2.75) is 84.4 Å². The maximum Gasteiger partial charge on any atom is 0.450 e. The first-order valence-electron chi connectivity index (χ1n) is 11.2. The molecule has 4 aliphatic rings. The molecule has 30 heavy (non-hydrogen) atoms. The lowest BCUT2D eigenvalue weighted by Gasteiger charge is -2.60. The van der Waals surface area contributed by atoms with Gasteiger partial charge in [0, 0.05) is 18.8 Å². The highest BCUT2D eigenvalue weighted by molar-refractivity contribution is 6.05. The summed E-state index contributed by atoms with van der Waals surface area (Å²) in [4.78, 5) is 36.0. The van der Waals surface area contributed by atoms with Crippen LogP contribution in [0.1, 0.15) is 72.1 Å². The molecule has 0 aliphatic heterocycles. The van der Waals surface area contributed by atoms with Crippen molar-refractivity contribution in [3.8, 4) is 0 Å². The van der Waals surface area contributed by atoms with Crippen LogP contribution < -0.4 is 0 Å². The van der Waals surface area contributed by atoms with Crippen molar-refractivity contribution >= 4 is 17.5 Å². The van der Waals surface area contributed by atoms with E-state index in [1.54, 1.807) is 0 Å². The van der Waals surface area contributed by atoms with E-state index in [1.807, 2.05) is 6.92 Å². The molecule has 7 heteroatoms. The third-order valence-electron chi connectivity index (χ3n) is 9.36. The molecule has 0 bridgehead atoms. The van der Waals surface area contributed by atoms with Crippen molar-refractivity contribution in [3.63, 3.8) is 0 Å². The Balaban J connectivity index is 1.60. The Morgan fingerprint density at radius 3 is 2.30 bits per heavy atom. The van der Waals surface area contributed by atoms with E-state index in [1.165, 1.54) is 6.92 Å². The predicted octanol–water partition coefficient (Wildman–Crippen LogP) is 4.89. The molecule has 0 heterocycles. The zero-order chi connectivity index (χ0) is 22.1. The van der Waals surface area contributed by atoms with Crippen LogP contribution in [0.2, 0.25) is 0 Å². The number of Topliss-reactive ketones (excluding diaryl/α,β-unsaturated/α-hetero) is 2. The molecule has 0 amide bonds. The van der Waals surface area contributed by atoms with Gasteiger partial charge in [0.15, 0.2) is 0 Å². The second-order valence-electron chi connectivity index (χ2n) is 10.7. The number of ether oxygens (including phenoxy) is 1. The number of fused-ring (bicyclic) bond motifs is 5. The Morgan fingerprint density at radius 1 is 1.00 bits per heavy atom. The lowest BCUT2D eigenvalue weighted by atomic mass is 9.44. The van der Waals surface area contributed by atoms with E-state index in [4.69, 9.17) is 4.74 Å². The SMILES string of the molecule is CC(=O)O[C@@H]1CC[C@H]2[C@@H]3CC[C@@H]4CC(=O)[C@@H](C(=O)C(F)(F)F)C[C@]4(C)[C@H]3CC[C@]12C. The first kappa shape index (κ1) is 21.8. The third-order valence-corrected chi connectivity index (χ3v) is 9.36. The van der Waals surface area contributed by atoms with Gasteiger partial charge in [-0.1, -0.05) is 13.8 Å². The molecule has 0 saturated heterocycles. The number of carbonyl (C=O) groups is 3. The van der Waals surface area contributed by atoms with E-state index in [9.17, 15) is 27.6 Å². The smallest absolute Gasteiger partial charge is 0.450 e. The van der Waals surface area contributed by atoms with Gasteiger partial charge in [-0.3, -0.25) is 14.4 Å². The van der Waals surface area contributed by atoms with E-state index in [-0.39, 0.29) is 42.2 Å². The van der Waals surface area contributed by atoms with Crippen LogP contribution in [0.4, 0.5) is 13.2 Å². The van der Waals surface area contributed by atoms with Crippen molar-refractivity contribution in [2.24, 2.45) is 40.4 Å². The molecule has 0 aromatic carbocycles. The molecular weight excluding hydrogens is 397 g/mol. The van der Waals surface area contributed by atoms with Gasteiger partial charge >= 0.3 is 12.1 Å². The Morgan fingerprint density at radius 2 is 1.67 bits per heavy atom. The first-order chi connectivity index (χ1) is 13.9. The molecule has 4 rings (SSSR count). The minimum atomic E-state index is -4.97. The Hall–Kier alpha value is -1.40. The van der Waals surface area contributed by atoms with Crippen LogP contribution in [0.15, 0.2) is 0 Å². The molecule has 8 atom stereocenters. The summed E-state index contributed by atoms with van der Waals surface area (Å²) < 4.78 is 45.0. The fourth-order valence-corrected chi connectivity index (χ4v) is 7.91. The van der Waals surface area contributed by atoms with Gasteiger partial charge in [-0.05, 0) is 74.0 Å². The maximum atomic E-state index is 13.1. The van der Waals surface area contributed by atoms with Crippen molar-refractivity contribution in [1.29, 1.82) is 0 Å². The number of alkyl halides is 3. The summed E-state index contributed by atoms with van der Waals surface area (Å²) >= 11 is 0. The zero-order valence-electron chi connectivity index (χ0n) is 17.9. The quantitative estimate of drug-likeness (QED) is 0.464. The largest absolute Gasteiger partial charge is 0.462 e. The summed E-state index contributed by atoms with van der Waals surface area (Å²) in [7, 11) is 0. The van der Waals surface area contributed by atoms with E-state index in [0.29, 0.717) is 11.8 Å². The summed E-state index contributed by atoms with van der Waals surface area (Å²) in [6.07, 6.45) is 0.332. The first-order valence-corrected chi connectivity index (χ1v) is 11.2. The number of rotatable bonds is 2. The van der Waals surface area contributed by atoms with Crippen molar-refractivity contribution in [2.75, 3.05) is 0 Å². The highest BCUT2D eigenvalue weighted by Gasteiger charge is 2.63. The minimum absolute atomic E-state index is 0.0207. The summed E-state index contributed by atoms with van der Waals surface area (Å²) in [5.41, 5.74) is -0.523. The van der Waals surface area contributed by atoms with Gasteiger partial charge in [-0.2, -0.15) is 13.2 Å². The number of esters is 1. The molecule has 0 aromatic rings. The fourth-order valence-electron chi connectivity index (χ4n) is 7.91. The van der Waals surface area contributed by atoms with E-state index >= 15 is 0 Å². The molecule has 0 unspecified atom stereocenters. The van der Waals surface area contributed by atoms with Gasteiger partial charge in [0.05, 0.1) is 5.92 Å². The highest BCUT2D eigenvalue weighted by Crippen LogP contribution is 2.66. The van der Waals surface area contributed by atoms with E-state index in [0.717, 1.165) is 38.5 Å². The van der Waals surface area contributed by atoms with Crippen LogP contribution in [0.25, 0.3) is 0 Å². The van der Waals surface area contributed by atoms with E-state index < -0.39 is 29.1 Å². The Labute approximate surface area is 175 Å². The molecule has 4 aliphatic carbocycles. The molecule has 4 fully saturated rings. The third kappa shape index (κ3) is 3.22. The normalized spacial score (nSPS) is 45.9. The number of hydrogen-bond acceptors (Lipinski definition) is 4. The van der Waals surface area contributed by atoms with E-state index in [2.05, 4.69) is 6.92 Å². The molecule has 0 spiro atoms. The van der Waals surface area contributed by atoms with Gasteiger partial charge in [0.1, 0.15) is 11.9 Å². The molecule has 0 aromatic heterocycles. The van der Waals surface area contributed by atoms with Gasteiger partial charge in [-0.25, -0.2) is 0 Å². The second-order valence-corrected chi connectivity index (χ2v) is 10.7. The van der Waals surface area contributed by atoms with Gasteiger partial charge in [0.25, 0.3) is 0 Å². The molecule has 0 N–H and O–H groups in total. The summed E-state index contributed by atoms with van der Waals surface area (Å²) in [5.74, 6) is -3.23. The molecular formula is C23H31F3O4. The van der Waals surface area contributed by atoms with Crippen molar-refractivity contribution < 1.29 is 32.3 Å². The molecule has 4 nitrogen and oxygen atoms in total. The minimum Gasteiger partial charge on any atom is -0.462 e. The lowest BCUT2D eigenvalue weighted by Crippen LogP contribution is -2.57. The summed E-state index contributed by atoms with van der Waals surface area (Å²) in [5, 5.41) is 0. The van der Waals surface area contributed by atoms with Crippen molar-refractivity contribution in [1.82, 2.24) is 0 Å². The van der Waals surface area contributed by atoms with Gasteiger partial charge in [0.2, 0.25) is 5.78 Å². The second kappa shape index (κ2) is 7.06. The van der Waals surface area contributed by atoms with Crippen LogP contribution >= 0.6 is 0 Å².